The number of likely N-dealkylation sites (tertiary alicyclic amines) is 1. The second-order valence-corrected chi connectivity index (χ2v) is 7.55. The number of nitrogens with zero attached hydrogens (tertiary/aromatic N) is 1. The van der Waals surface area contributed by atoms with Gasteiger partial charge in [0.2, 0.25) is 5.91 Å². The van der Waals surface area contributed by atoms with E-state index < -0.39 is 23.6 Å². The highest BCUT2D eigenvalue weighted by Gasteiger charge is 2.33. The zero-order valence-electron chi connectivity index (χ0n) is 15.7. The van der Waals surface area contributed by atoms with Gasteiger partial charge in [-0.1, -0.05) is 17.7 Å². The first-order chi connectivity index (χ1) is 13.6. The summed E-state index contributed by atoms with van der Waals surface area (Å²) in [4.78, 5) is 26.8. The third-order valence-electron chi connectivity index (χ3n) is 4.96. The zero-order valence-corrected chi connectivity index (χ0v) is 16.5. The van der Waals surface area contributed by atoms with Crippen molar-refractivity contribution in [3.63, 3.8) is 0 Å². The summed E-state index contributed by atoms with van der Waals surface area (Å²) in [6, 6.07) is 9.48. The highest BCUT2D eigenvalue weighted by atomic mass is 35.5. The van der Waals surface area contributed by atoms with Crippen molar-refractivity contribution < 1.29 is 22.8 Å². The van der Waals surface area contributed by atoms with Crippen LogP contribution in [0.2, 0.25) is 5.02 Å². The summed E-state index contributed by atoms with van der Waals surface area (Å²) in [6.45, 7) is 2.39. The smallest absolute Gasteiger partial charge is 0.338 e. The second-order valence-electron chi connectivity index (χ2n) is 7.12. The zero-order chi connectivity index (χ0) is 21.2. The Morgan fingerprint density at radius 2 is 1.93 bits per heavy atom. The number of nitrogens with one attached hydrogen (secondary N) is 1. The molecule has 8 heteroatoms. The Morgan fingerprint density at radius 1 is 1.17 bits per heavy atom. The van der Waals surface area contributed by atoms with E-state index in [1.165, 1.54) is 17.0 Å². The molecular formula is C21H20ClF3N2O2. The summed E-state index contributed by atoms with van der Waals surface area (Å²) in [6.07, 6.45) is -3.32. The molecular weight excluding hydrogens is 405 g/mol. The first kappa shape index (κ1) is 21.2. The third kappa shape index (κ3) is 5.09. The van der Waals surface area contributed by atoms with Crippen molar-refractivity contribution >= 4 is 29.1 Å². The Balaban J connectivity index is 1.70. The van der Waals surface area contributed by atoms with Gasteiger partial charge in [-0.3, -0.25) is 9.59 Å². The summed E-state index contributed by atoms with van der Waals surface area (Å²) >= 11 is 5.93. The number of piperidine rings is 1. The molecule has 0 aromatic heterocycles. The van der Waals surface area contributed by atoms with E-state index in [1.54, 1.807) is 18.2 Å². The lowest BCUT2D eigenvalue weighted by molar-refractivity contribution is -0.137. The van der Waals surface area contributed by atoms with Gasteiger partial charge < -0.3 is 10.2 Å². The Labute approximate surface area is 171 Å². The molecule has 0 spiro atoms. The van der Waals surface area contributed by atoms with Crippen molar-refractivity contribution in [1.82, 2.24) is 4.90 Å². The molecule has 2 aromatic rings. The van der Waals surface area contributed by atoms with Crippen LogP contribution in [-0.2, 0) is 11.0 Å². The van der Waals surface area contributed by atoms with Gasteiger partial charge in [-0.2, -0.15) is 13.2 Å². The van der Waals surface area contributed by atoms with E-state index in [1.807, 2.05) is 6.92 Å². The SMILES string of the molecule is Cc1cc(Cl)ccc1NC(=O)[C@@H]1CCCN(C(=O)c2cccc(C(F)(F)F)c2)C1. The van der Waals surface area contributed by atoms with Crippen LogP contribution in [0.5, 0.6) is 0 Å². The first-order valence-electron chi connectivity index (χ1n) is 9.18. The molecule has 154 valence electrons. The Morgan fingerprint density at radius 3 is 2.62 bits per heavy atom. The van der Waals surface area contributed by atoms with E-state index in [0.717, 1.165) is 17.7 Å². The van der Waals surface area contributed by atoms with Gasteiger partial charge in [0.1, 0.15) is 0 Å². The number of amides is 2. The molecule has 0 unspecified atom stereocenters. The fraction of sp³-hybridized carbons (Fsp3) is 0.333. The molecule has 1 fully saturated rings. The lowest BCUT2D eigenvalue weighted by Gasteiger charge is -2.32. The molecule has 1 aliphatic heterocycles. The molecule has 1 aliphatic rings. The van der Waals surface area contributed by atoms with E-state index in [-0.39, 0.29) is 18.0 Å². The van der Waals surface area contributed by atoms with Crippen molar-refractivity contribution in [1.29, 1.82) is 0 Å². The molecule has 2 aromatic carbocycles. The van der Waals surface area contributed by atoms with Crippen LogP contribution in [0, 0.1) is 12.8 Å². The lowest BCUT2D eigenvalue weighted by atomic mass is 9.96. The normalized spacial score (nSPS) is 17.1. The summed E-state index contributed by atoms with van der Waals surface area (Å²) in [5.74, 6) is -1.16. The highest BCUT2D eigenvalue weighted by Crippen LogP contribution is 2.30. The quantitative estimate of drug-likeness (QED) is 0.740. The summed E-state index contributed by atoms with van der Waals surface area (Å²) in [5.41, 5.74) is 0.557. The summed E-state index contributed by atoms with van der Waals surface area (Å²) in [7, 11) is 0. The maximum absolute atomic E-state index is 12.9. The van der Waals surface area contributed by atoms with Crippen LogP contribution in [0.15, 0.2) is 42.5 Å². The van der Waals surface area contributed by atoms with Gasteiger partial charge in [-0.25, -0.2) is 0 Å². The number of alkyl halides is 3. The van der Waals surface area contributed by atoms with Crippen LogP contribution < -0.4 is 5.32 Å². The molecule has 1 saturated heterocycles. The van der Waals surface area contributed by atoms with E-state index in [0.29, 0.717) is 30.1 Å². The van der Waals surface area contributed by atoms with E-state index >= 15 is 0 Å². The fourth-order valence-corrected chi connectivity index (χ4v) is 3.62. The highest BCUT2D eigenvalue weighted by molar-refractivity contribution is 6.30. The molecule has 0 bridgehead atoms. The van der Waals surface area contributed by atoms with Crippen molar-refractivity contribution in [2.45, 2.75) is 25.9 Å². The first-order valence-corrected chi connectivity index (χ1v) is 9.56. The number of carbonyl (C=O) groups excluding carboxylic acids is 2. The van der Waals surface area contributed by atoms with Crippen molar-refractivity contribution in [2.24, 2.45) is 5.92 Å². The van der Waals surface area contributed by atoms with Crippen LogP contribution in [0.4, 0.5) is 18.9 Å². The van der Waals surface area contributed by atoms with Crippen LogP contribution in [-0.4, -0.2) is 29.8 Å². The number of hydrogen-bond donors (Lipinski definition) is 1. The Hall–Kier alpha value is -2.54. The van der Waals surface area contributed by atoms with Gasteiger partial charge in [-0.05, 0) is 61.7 Å². The maximum Gasteiger partial charge on any atom is 0.416 e. The number of hydrogen-bond acceptors (Lipinski definition) is 2. The van der Waals surface area contributed by atoms with Gasteiger partial charge in [0, 0.05) is 29.4 Å². The Kier molecular flexibility index (Phi) is 6.17. The largest absolute Gasteiger partial charge is 0.416 e. The van der Waals surface area contributed by atoms with Crippen LogP contribution >= 0.6 is 11.6 Å². The lowest BCUT2D eigenvalue weighted by Crippen LogP contribution is -2.43. The molecule has 1 N–H and O–H groups in total. The standard InChI is InChI=1S/C21H20ClF3N2O2/c1-13-10-17(22)7-8-18(13)26-19(28)15-5-3-9-27(12-15)20(29)14-4-2-6-16(11-14)21(23,24)25/h2,4,6-8,10-11,15H,3,5,9,12H2,1H3,(H,26,28)/t15-/m1/s1. The predicted octanol–water partition coefficient (Wildman–Crippen LogP) is 5.16. The minimum Gasteiger partial charge on any atom is -0.338 e. The van der Waals surface area contributed by atoms with Crippen LogP contribution in [0.1, 0.15) is 34.3 Å². The second kappa shape index (κ2) is 8.45. The third-order valence-corrected chi connectivity index (χ3v) is 5.20. The number of aryl methyl sites for hydroxylation is 1. The molecule has 0 aliphatic carbocycles. The molecule has 2 amide bonds. The molecule has 0 saturated carbocycles. The average molecular weight is 425 g/mol. The van der Waals surface area contributed by atoms with Gasteiger partial charge in [0.25, 0.3) is 5.91 Å². The molecule has 0 radical (unpaired) electrons. The van der Waals surface area contributed by atoms with Crippen LogP contribution in [0.3, 0.4) is 0 Å². The molecule has 1 heterocycles. The molecule has 29 heavy (non-hydrogen) atoms. The minimum absolute atomic E-state index is 0.0329. The van der Waals surface area contributed by atoms with Gasteiger partial charge >= 0.3 is 6.18 Å². The Bertz CT molecular complexity index is 930. The number of carbonyl (C=O) groups is 2. The number of halogens is 4. The van der Waals surface area contributed by atoms with E-state index in [2.05, 4.69) is 5.32 Å². The molecule has 4 nitrogen and oxygen atoms in total. The number of rotatable bonds is 3. The van der Waals surface area contributed by atoms with Crippen LogP contribution in [0.25, 0.3) is 0 Å². The van der Waals surface area contributed by atoms with Gasteiger partial charge in [-0.15, -0.1) is 0 Å². The van der Waals surface area contributed by atoms with E-state index in [9.17, 15) is 22.8 Å². The summed E-state index contributed by atoms with van der Waals surface area (Å²) < 4.78 is 38.8. The fourth-order valence-electron chi connectivity index (χ4n) is 3.39. The average Bonchev–Trinajstić information content (AvgIpc) is 2.69. The predicted molar refractivity (Wildman–Crippen MR) is 105 cm³/mol. The van der Waals surface area contributed by atoms with Crippen molar-refractivity contribution in [2.75, 3.05) is 18.4 Å². The maximum atomic E-state index is 12.9. The summed E-state index contributed by atoms with van der Waals surface area (Å²) in [5, 5.41) is 3.42. The molecule has 1 atom stereocenters. The van der Waals surface area contributed by atoms with Gasteiger partial charge in [0.05, 0.1) is 11.5 Å². The number of benzene rings is 2. The van der Waals surface area contributed by atoms with Crippen molar-refractivity contribution in [3.05, 3.63) is 64.2 Å². The number of anilines is 1. The minimum atomic E-state index is -4.52. The van der Waals surface area contributed by atoms with E-state index in [4.69, 9.17) is 11.6 Å². The molecule has 3 rings (SSSR count). The van der Waals surface area contributed by atoms with Gasteiger partial charge in [0.15, 0.2) is 0 Å². The van der Waals surface area contributed by atoms with Crippen molar-refractivity contribution in [3.8, 4) is 0 Å². The topological polar surface area (TPSA) is 49.4 Å². The monoisotopic (exact) mass is 424 g/mol.